The molecule has 1 aliphatic carbocycles. The zero-order chi connectivity index (χ0) is 10.7. The van der Waals surface area contributed by atoms with E-state index in [9.17, 15) is 0 Å². The van der Waals surface area contributed by atoms with Crippen molar-refractivity contribution >= 4 is 17.3 Å². The number of aromatic nitrogens is 1. The zero-order valence-corrected chi connectivity index (χ0v) is 9.80. The molecule has 0 spiro atoms. The van der Waals surface area contributed by atoms with Crippen molar-refractivity contribution in [2.24, 2.45) is 5.92 Å². The van der Waals surface area contributed by atoms with E-state index in [1.54, 1.807) is 0 Å². The Labute approximate surface area is 96.1 Å². The smallest absolute Gasteiger partial charge is 0.129 e. The van der Waals surface area contributed by atoms with Crippen LogP contribution in [0.25, 0.3) is 0 Å². The second-order valence-electron chi connectivity index (χ2n) is 4.48. The highest BCUT2D eigenvalue weighted by molar-refractivity contribution is 6.29. The number of pyridine rings is 1. The third kappa shape index (κ3) is 3.10. The van der Waals surface area contributed by atoms with Crippen molar-refractivity contribution in [3.8, 4) is 0 Å². The van der Waals surface area contributed by atoms with Crippen LogP contribution in [0, 0.1) is 5.92 Å². The molecule has 0 saturated heterocycles. The van der Waals surface area contributed by atoms with Gasteiger partial charge < -0.3 is 5.32 Å². The second-order valence-corrected chi connectivity index (χ2v) is 4.87. The van der Waals surface area contributed by atoms with Crippen LogP contribution in [-0.2, 0) is 0 Å². The van der Waals surface area contributed by atoms with Crippen molar-refractivity contribution in [3.63, 3.8) is 0 Å². The second kappa shape index (κ2) is 4.84. The first-order chi connectivity index (χ1) is 7.24. The molecule has 0 aromatic carbocycles. The van der Waals surface area contributed by atoms with E-state index in [1.807, 2.05) is 18.3 Å². The molecule has 2 unspecified atom stereocenters. The molecule has 3 heteroatoms. The van der Waals surface area contributed by atoms with Crippen molar-refractivity contribution in [3.05, 3.63) is 23.5 Å². The molecule has 1 aliphatic rings. The van der Waals surface area contributed by atoms with Gasteiger partial charge in [-0.3, -0.25) is 0 Å². The van der Waals surface area contributed by atoms with E-state index in [0.717, 1.165) is 11.6 Å². The summed E-state index contributed by atoms with van der Waals surface area (Å²) < 4.78 is 0. The van der Waals surface area contributed by atoms with E-state index >= 15 is 0 Å². The summed E-state index contributed by atoms with van der Waals surface area (Å²) in [5, 5.41) is 4.07. The van der Waals surface area contributed by atoms with E-state index in [2.05, 4.69) is 17.2 Å². The summed E-state index contributed by atoms with van der Waals surface area (Å²) in [6.45, 7) is 2.33. The number of hydrogen-bond donors (Lipinski definition) is 1. The fraction of sp³-hybridized carbons (Fsp3) is 0.583. The Bertz CT molecular complexity index is 310. The van der Waals surface area contributed by atoms with Gasteiger partial charge in [-0.15, -0.1) is 0 Å². The zero-order valence-electron chi connectivity index (χ0n) is 9.04. The Balaban J connectivity index is 1.93. The number of rotatable bonds is 2. The van der Waals surface area contributed by atoms with Gasteiger partial charge in [0.15, 0.2) is 0 Å². The summed E-state index contributed by atoms with van der Waals surface area (Å²) >= 11 is 5.74. The van der Waals surface area contributed by atoms with Crippen LogP contribution in [0.4, 0.5) is 5.69 Å². The topological polar surface area (TPSA) is 24.9 Å². The first-order valence-electron chi connectivity index (χ1n) is 5.62. The molecule has 1 heterocycles. The van der Waals surface area contributed by atoms with Crippen LogP contribution in [0.1, 0.15) is 32.6 Å². The van der Waals surface area contributed by atoms with Gasteiger partial charge in [0.25, 0.3) is 0 Å². The van der Waals surface area contributed by atoms with E-state index in [4.69, 9.17) is 11.6 Å². The van der Waals surface area contributed by atoms with E-state index < -0.39 is 0 Å². The van der Waals surface area contributed by atoms with Gasteiger partial charge in [-0.2, -0.15) is 0 Å². The molecule has 0 bridgehead atoms. The summed E-state index contributed by atoms with van der Waals surface area (Å²) in [4.78, 5) is 4.07. The minimum Gasteiger partial charge on any atom is -0.381 e. The minimum absolute atomic E-state index is 0.553. The van der Waals surface area contributed by atoms with Gasteiger partial charge in [-0.05, 0) is 30.9 Å². The van der Waals surface area contributed by atoms with Gasteiger partial charge in [0.1, 0.15) is 5.15 Å². The highest BCUT2D eigenvalue weighted by Gasteiger charge is 2.18. The summed E-state index contributed by atoms with van der Waals surface area (Å²) in [6, 6.07) is 4.43. The van der Waals surface area contributed by atoms with Crippen molar-refractivity contribution in [1.82, 2.24) is 4.98 Å². The van der Waals surface area contributed by atoms with E-state index in [-0.39, 0.29) is 0 Å². The SMILES string of the molecule is CC1CCCC(Nc2ccc(Cl)nc2)C1. The molecule has 0 amide bonds. The average molecular weight is 225 g/mol. The Morgan fingerprint density at radius 1 is 1.40 bits per heavy atom. The molecule has 2 rings (SSSR count). The molecule has 1 aromatic rings. The van der Waals surface area contributed by atoms with Crippen molar-refractivity contribution in [2.75, 3.05) is 5.32 Å². The Kier molecular flexibility index (Phi) is 3.47. The maximum Gasteiger partial charge on any atom is 0.129 e. The van der Waals surface area contributed by atoms with Gasteiger partial charge in [-0.25, -0.2) is 4.98 Å². The number of hydrogen-bond acceptors (Lipinski definition) is 2. The minimum atomic E-state index is 0.553. The normalized spacial score (nSPS) is 26.3. The van der Waals surface area contributed by atoms with Gasteiger partial charge in [0, 0.05) is 6.04 Å². The molecule has 2 nitrogen and oxygen atoms in total. The van der Waals surface area contributed by atoms with Crippen LogP contribution >= 0.6 is 11.6 Å². The number of anilines is 1. The lowest BCUT2D eigenvalue weighted by molar-refractivity contribution is 0.358. The van der Waals surface area contributed by atoms with Crippen molar-refractivity contribution < 1.29 is 0 Å². The van der Waals surface area contributed by atoms with Crippen LogP contribution in [0.5, 0.6) is 0 Å². The number of nitrogens with zero attached hydrogens (tertiary/aromatic N) is 1. The highest BCUT2D eigenvalue weighted by Crippen LogP contribution is 2.26. The lowest BCUT2D eigenvalue weighted by Gasteiger charge is -2.28. The van der Waals surface area contributed by atoms with Gasteiger partial charge in [-0.1, -0.05) is 31.4 Å². The summed E-state index contributed by atoms with van der Waals surface area (Å²) in [5.74, 6) is 0.844. The summed E-state index contributed by atoms with van der Waals surface area (Å²) in [7, 11) is 0. The largest absolute Gasteiger partial charge is 0.381 e. The molecule has 1 N–H and O–H groups in total. The number of nitrogens with one attached hydrogen (secondary N) is 1. The maximum atomic E-state index is 5.74. The van der Waals surface area contributed by atoms with Gasteiger partial charge in [0.05, 0.1) is 11.9 Å². The molecule has 82 valence electrons. The molecule has 1 aromatic heterocycles. The third-order valence-corrected chi connectivity index (χ3v) is 3.26. The highest BCUT2D eigenvalue weighted by atomic mass is 35.5. The van der Waals surface area contributed by atoms with Crippen molar-refractivity contribution in [2.45, 2.75) is 38.6 Å². The molecule has 1 fully saturated rings. The maximum absolute atomic E-state index is 5.74. The molecular formula is C12H17ClN2. The van der Waals surface area contributed by atoms with Crippen molar-refractivity contribution in [1.29, 1.82) is 0 Å². The average Bonchev–Trinajstić information content (AvgIpc) is 2.22. The van der Waals surface area contributed by atoms with Crippen LogP contribution in [0.15, 0.2) is 18.3 Å². The van der Waals surface area contributed by atoms with Crippen LogP contribution in [0.3, 0.4) is 0 Å². The number of halogens is 1. The third-order valence-electron chi connectivity index (χ3n) is 3.03. The fourth-order valence-corrected chi connectivity index (χ4v) is 2.37. The molecule has 2 atom stereocenters. The first kappa shape index (κ1) is 10.7. The molecule has 0 radical (unpaired) electrons. The summed E-state index contributed by atoms with van der Waals surface area (Å²) in [5.41, 5.74) is 1.08. The lowest BCUT2D eigenvalue weighted by Crippen LogP contribution is -2.26. The first-order valence-corrected chi connectivity index (χ1v) is 6.00. The van der Waals surface area contributed by atoms with Gasteiger partial charge in [0.2, 0.25) is 0 Å². The van der Waals surface area contributed by atoms with Crippen LogP contribution < -0.4 is 5.32 Å². The molecule has 15 heavy (non-hydrogen) atoms. The molecular weight excluding hydrogens is 208 g/mol. The predicted molar refractivity (Wildman–Crippen MR) is 64.3 cm³/mol. The standard InChI is InChI=1S/C12H17ClN2/c1-9-3-2-4-10(7-9)15-11-5-6-12(13)14-8-11/h5-6,8-10,15H,2-4,7H2,1H3. The van der Waals surface area contributed by atoms with E-state index in [0.29, 0.717) is 11.2 Å². The lowest BCUT2D eigenvalue weighted by atomic mass is 9.87. The van der Waals surface area contributed by atoms with Crippen LogP contribution in [0.2, 0.25) is 5.15 Å². The van der Waals surface area contributed by atoms with Crippen LogP contribution in [-0.4, -0.2) is 11.0 Å². The molecule has 1 saturated carbocycles. The quantitative estimate of drug-likeness (QED) is 0.775. The Morgan fingerprint density at radius 3 is 2.93 bits per heavy atom. The fourth-order valence-electron chi connectivity index (χ4n) is 2.26. The monoisotopic (exact) mass is 224 g/mol. The molecule has 0 aliphatic heterocycles. The van der Waals surface area contributed by atoms with E-state index in [1.165, 1.54) is 25.7 Å². The van der Waals surface area contributed by atoms with Gasteiger partial charge >= 0.3 is 0 Å². The summed E-state index contributed by atoms with van der Waals surface area (Å²) in [6.07, 6.45) is 7.05. The Morgan fingerprint density at radius 2 is 2.27 bits per heavy atom. The predicted octanol–water partition coefficient (Wildman–Crippen LogP) is 3.73. The Hall–Kier alpha value is -0.760.